The fraction of sp³-hybridized carbons (Fsp3) is 0.440. The van der Waals surface area contributed by atoms with Gasteiger partial charge in [0.1, 0.15) is 6.04 Å². The van der Waals surface area contributed by atoms with Crippen LogP contribution in [-0.4, -0.2) is 62.0 Å². The maximum atomic E-state index is 12.8. The van der Waals surface area contributed by atoms with Gasteiger partial charge >= 0.3 is 0 Å². The summed E-state index contributed by atoms with van der Waals surface area (Å²) in [6.45, 7) is 11.1. The molecule has 2 aromatic rings. The summed E-state index contributed by atoms with van der Waals surface area (Å²) in [5.74, 6) is -0.328. The molecule has 1 atom stereocenters. The van der Waals surface area contributed by atoms with Gasteiger partial charge in [0.15, 0.2) is 0 Å². The van der Waals surface area contributed by atoms with E-state index >= 15 is 0 Å². The van der Waals surface area contributed by atoms with E-state index in [1.54, 1.807) is 6.07 Å². The predicted octanol–water partition coefficient (Wildman–Crippen LogP) is 2.69. The summed E-state index contributed by atoms with van der Waals surface area (Å²) in [6, 6.07) is 17.3. The minimum absolute atomic E-state index is 0.00221. The van der Waals surface area contributed by atoms with Crippen LogP contribution in [-0.2, 0) is 4.79 Å². The number of anilines is 1. The summed E-state index contributed by atoms with van der Waals surface area (Å²) in [7, 11) is 0. The molecule has 6 nitrogen and oxygen atoms in total. The average molecular weight is 423 g/mol. The number of hydrogen-bond donors (Lipinski definition) is 2. The van der Waals surface area contributed by atoms with E-state index in [-0.39, 0.29) is 17.7 Å². The zero-order valence-electron chi connectivity index (χ0n) is 18.8. The van der Waals surface area contributed by atoms with Crippen molar-refractivity contribution in [2.24, 2.45) is 5.92 Å². The van der Waals surface area contributed by atoms with Crippen molar-refractivity contribution in [2.75, 3.05) is 44.2 Å². The molecule has 2 aromatic carbocycles. The SMILES string of the molecule is Cc1ccccc1C(=O)NC(C(=O)NCCN1CCN(c2ccccc2)CC1)C(C)C. The van der Waals surface area contributed by atoms with E-state index in [9.17, 15) is 9.59 Å². The molecule has 6 heteroatoms. The molecular formula is C25H34N4O2. The van der Waals surface area contributed by atoms with E-state index in [0.717, 1.165) is 38.3 Å². The van der Waals surface area contributed by atoms with Gasteiger partial charge in [-0.05, 0) is 36.6 Å². The zero-order chi connectivity index (χ0) is 22.2. The third-order valence-corrected chi connectivity index (χ3v) is 5.85. The Labute approximate surface area is 185 Å². The molecule has 2 N–H and O–H groups in total. The fourth-order valence-corrected chi connectivity index (χ4v) is 3.90. The molecule has 1 aliphatic heterocycles. The molecule has 1 unspecified atom stereocenters. The summed E-state index contributed by atoms with van der Waals surface area (Å²) in [5, 5.41) is 5.93. The van der Waals surface area contributed by atoms with Gasteiger partial charge in [0.25, 0.3) is 5.91 Å². The first-order chi connectivity index (χ1) is 15.0. The lowest BCUT2D eigenvalue weighted by Crippen LogP contribution is -2.52. The van der Waals surface area contributed by atoms with Crippen LogP contribution in [0.2, 0.25) is 0 Å². The van der Waals surface area contributed by atoms with Crippen molar-refractivity contribution in [3.63, 3.8) is 0 Å². The van der Waals surface area contributed by atoms with Crippen molar-refractivity contribution in [2.45, 2.75) is 26.8 Å². The highest BCUT2D eigenvalue weighted by molar-refractivity contribution is 5.98. The first kappa shape index (κ1) is 22.8. The minimum Gasteiger partial charge on any atom is -0.369 e. The van der Waals surface area contributed by atoms with Crippen LogP contribution in [0.25, 0.3) is 0 Å². The van der Waals surface area contributed by atoms with Crippen LogP contribution >= 0.6 is 0 Å². The number of hydrogen-bond acceptors (Lipinski definition) is 4. The Bertz CT molecular complexity index is 861. The summed E-state index contributed by atoms with van der Waals surface area (Å²) < 4.78 is 0. The van der Waals surface area contributed by atoms with Gasteiger partial charge in [-0.25, -0.2) is 0 Å². The highest BCUT2D eigenvalue weighted by Crippen LogP contribution is 2.15. The van der Waals surface area contributed by atoms with Crippen LogP contribution < -0.4 is 15.5 Å². The van der Waals surface area contributed by atoms with E-state index < -0.39 is 6.04 Å². The summed E-state index contributed by atoms with van der Waals surface area (Å²) >= 11 is 0. The van der Waals surface area contributed by atoms with Crippen molar-refractivity contribution in [1.82, 2.24) is 15.5 Å². The van der Waals surface area contributed by atoms with E-state index in [1.807, 2.05) is 45.0 Å². The Balaban J connectivity index is 1.44. The molecule has 0 aliphatic carbocycles. The van der Waals surface area contributed by atoms with E-state index in [1.165, 1.54) is 5.69 Å². The molecule has 2 amide bonds. The number of rotatable bonds is 8. The predicted molar refractivity (Wildman–Crippen MR) is 125 cm³/mol. The van der Waals surface area contributed by atoms with Gasteiger partial charge in [-0.3, -0.25) is 14.5 Å². The van der Waals surface area contributed by atoms with Crippen LogP contribution in [0, 0.1) is 12.8 Å². The molecule has 0 radical (unpaired) electrons. The quantitative estimate of drug-likeness (QED) is 0.687. The molecule has 0 aromatic heterocycles. The van der Waals surface area contributed by atoms with Gasteiger partial charge < -0.3 is 15.5 Å². The number of benzene rings is 2. The lowest BCUT2D eigenvalue weighted by molar-refractivity contribution is -0.124. The number of carbonyl (C=O) groups excluding carboxylic acids is 2. The van der Waals surface area contributed by atoms with Gasteiger partial charge in [0.2, 0.25) is 5.91 Å². The number of amides is 2. The number of carbonyl (C=O) groups is 2. The van der Waals surface area contributed by atoms with Gasteiger partial charge in [0, 0.05) is 50.5 Å². The Kier molecular flexibility index (Phi) is 8.06. The summed E-state index contributed by atoms with van der Waals surface area (Å²) in [6.07, 6.45) is 0. The third-order valence-electron chi connectivity index (χ3n) is 5.85. The maximum absolute atomic E-state index is 12.8. The average Bonchev–Trinajstić information content (AvgIpc) is 2.78. The molecule has 0 saturated carbocycles. The third kappa shape index (κ3) is 6.31. The van der Waals surface area contributed by atoms with E-state index in [0.29, 0.717) is 12.1 Å². The molecule has 1 saturated heterocycles. The first-order valence-electron chi connectivity index (χ1n) is 11.1. The monoisotopic (exact) mass is 422 g/mol. The Hall–Kier alpha value is -2.86. The molecule has 0 bridgehead atoms. The minimum atomic E-state index is -0.554. The number of para-hydroxylation sites is 1. The number of piperazine rings is 1. The van der Waals surface area contributed by atoms with Crippen LogP contribution in [0.5, 0.6) is 0 Å². The second-order valence-electron chi connectivity index (χ2n) is 8.47. The van der Waals surface area contributed by atoms with Gasteiger partial charge in [-0.2, -0.15) is 0 Å². The molecule has 1 fully saturated rings. The van der Waals surface area contributed by atoms with Crippen LogP contribution in [0.15, 0.2) is 54.6 Å². The Morgan fingerprint density at radius 3 is 2.23 bits per heavy atom. The van der Waals surface area contributed by atoms with E-state index in [4.69, 9.17) is 0 Å². The summed E-state index contributed by atoms with van der Waals surface area (Å²) in [4.78, 5) is 30.2. The first-order valence-corrected chi connectivity index (χ1v) is 11.1. The lowest BCUT2D eigenvalue weighted by atomic mass is 10.0. The van der Waals surface area contributed by atoms with Crippen molar-refractivity contribution < 1.29 is 9.59 Å². The molecule has 31 heavy (non-hydrogen) atoms. The van der Waals surface area contributed by atoms with Gasteiger partial charge in [-0.15, -0.1) is 0 Å². The van der Waals surface area contributed by atoms with Crippen LogP contribution in [0.3, 0.4) is 0 Å². The summed E-state index contributed by atoms with van der Waals surface area (Å²) in [5.41, 5.74) is 2.77. The van der Waals surface area contributed by atoms with Gasteiger partial charge in [-0.1, -0.05) is 50.2 Å². The molecule has 1 heterocycles. The number of nitrogens with zero attached hydrogens (tertiary/aromatic N) is 2. The normalized spacial score (nSPS) is 15.5. The fourth-order valence-electron chi connectivity index (χ4n) is 3.90. The van der Waals surface area contributed by atoms with Crippen molar-refractivity contribution in [1.29, 1.82) is 0 Å². The van der Waals surface area contributed by atoms with Crippen molar-refractivity contribution in [3.05, 3.63) is 65.7 Å². The van der Waals surface area contributed by atoms with Crippen molar-refractivity contribution in [3.8, 4) is 0 Å². The largest absolute Gasteiger partial charge is 0.369 e. The standard InChI is InChI=1S/C25H34N4O2/c1-19(2)23(27-24(30)22-12-8-7-9-20(22)3)25(31)26-13-14-28-15-17-29(18-16-28)21-10-5-4-6-11-21/h4-12,19,23H,13-18H2,1-3H3,(H,26,31)(H,27,30). The molecule has 166 valence electrons. The number of nitrogens with one attached hydrogen (secondary N) is 2. The topological polar surface area (TPSA) is 64.7 Å². The molecule has 0 spiro atoms. The highest BCUT2D eigenvalue weighted by atomic mass is 16.2. The molecule has 3 rings (SSSR count). The van der Waals surface area contributed by atoms with Crippen molar-refractivity contribution >= 4 is 17.5 Å². The highest BCUT2D eigenvalue weighted by Gasteiger charge is 2.25. The van der Waals surface area contributed by atoms with Gasteiger partial charge in [0.05, 0.1) is 0 Å². The molecule has 1 aliphatic rings. The smallest absolute Gasteiger partial charge is 0.252 e. The van der Waals surface area contributed by atoms with E-state index in [2.05, 4.69) is 44.7 Å². The van der Waals surface area contributed by atoms with Crippen LogP contribution in [0.1, 0.15) is 29.8 Å². The maximum Gasteiger partial charge on any atom is 0.252 e. The van der Waals surface area contributed by atoms with Crippen LogP contribution in [0.4, 0.5) is 5.69 Å². The molecular weight excluding hydrogens is 388 g/mol. The zero-order valence-corrected chi connectivity index (χ0v) is 18.8. The Morgan fingerprint density at radius 1 is 0.935 bits per heavy atom. The second kappa shape index (κ2) is 11.0. The lowest BCUT2D eigenvalue weighted by Gasteiger charge is -2.36. The Morgan fingerprint density at radius 2 is 1.58 bits per heavy atom. The second-order valence-corrected chi connectivity index (χ2v) is 8.47. The number of aryl methyl sites for hydroxylation is 1.